The molecule has 0 unspecified atom stereocenters. The summed E-state index contributed by atoms with van der Waals surface area (Å²) in [5, 5.41) is 8.36. The second-order valence-corrected chi connectivity index (χ2v) is 9.11. The zero-order valence-electron chi connectivity index (χ0n) is 16.4. The second kappa shape index (κ2) is 8.50. The Morgan fingerprint density at radius 2 is 1.24 bits per heavy atom. The number of aromatic nitrogens is 3. The van der Waals surface area contributed by atoms with Crippen molar-refractivity contribution in [2.45, 2.75) is 43.4 Å². The molecule has 3 N–H and O–H groups in total. The van der Waals surface area contributed by atoms with E-state index >= 15 is 0 Å². The number of hydrogen-bond donors (Lipinski definition) is 2. The molecule has 0 bridgehead atoms. The van der Waals surface area contributed by atoms with E-state index in [-0.39, 0.29) is 4.90 Å². The fourth-order valence-corrected chi connectivity index (χ4v) is 4.25. The van der Waals surface area contributed by atoms with Crippen LogP contribution in [-0.2, 0) is 10.0 Å². The number of primary sulfonamides is 1. The molecule has 3 heterocycles. The van der Waals surface area contributed by atoms with E-state index in [1.54, 1.807) is 12.1 Å². The van der Waals surface area contributed by atoms with Crippen LogP contribution in [-0.4, -0.2) is 49.5 Å². The van der Waals surface area contributed by atoms with Crippen molar-refractivity contribution in [1.82, 2.24) is 15.0 Å². The second-order valence-electron chi connectivity index (χ2n) is 7.55. The third kappa shape index (κ3) is 4.94. The number of nitrogens with zero attached hydrogens (tertiary/aromatic N) is 5. The van der Waals surface area contributed by atoms with Crippen LogP contribution in [0.5, 0.6) is 0 Å². The third-order valence-corrected chi connectivity index (χ3v) is 6.26. The van der Waals surface area contributed by atoms with Crippen molar-refractivity contribution in [3.05, 3.63) is 24.3 Å². The average Bonchev–Trinajstić information content (AvgIpc) is 2.74. The predicted octanol–water partition coefficient (Wildman–Crippen LogP) is 2.24. The molecule has 0 atom stereocenters. The highest BCUT2D eigenvalue weighted by molar-refractivity contribution is 7.89. The van der Waals surface area contributed by atoms with Gasteiger partial charge in [0.25, 0.3) is 0 Å². The number of anilines is 4. The molecule has 1 aromatic carbocycles. The summed E-state index contributed by atoms with van der Waals surface area (Å²) in [6.45, 7) is 3.80. The van der Waals surface area contributed by atoms with Crippen LogP contribution in [0, 0.1) is 0 Å². The number of sulfonamides is 1. The highest BCUT2D eigenvalue weighted by Crippen LogP contribution is 2.24. The van der Waals surface area contributed by atoms with Crippen LogP contribution in [0.2, 0.25) is 0 Å². The molecule has 29 heavy (non-hydrogen) atoms. The molecule has 4 rings (SSSR count). The van der Waals surface area contributed by atoms with Crippen molar-refractivity contribution in [2.75, 3.05) is 41.3 Å². The van der Waals surface area contributed by atoms with Crippen LogP contribution in [0.25, 0.3) is 0 Å². The van der Waals surface area contributed by atoms with Gasteiger partial charge in [-0.05, 0) is 62.8 Å². The lowest BCUT2D eigenvalue weighted by Gasteiger charge is -2.30. The van der Waals surface area contributed by atoms with Gasteiger partial charge >= 0.3 is 0 Å². The molecule has 9 nitrogen and oxygen atoms in total. The van der Waals surface area contributed by atoms with Gasteiger partial charge in [0.2, 0.25) is 27.9 Å². The average molecular weight is 418 g/mol. The molecule has 2 aromatic rings. The smallest absolute Gasteiger partial charge is 0.238 e. The van der Waals surface area contributed by atoms with Crippen molar-refractivity contribution >= 4 is 33.6 Å². The highest BCUT2D eigenvalue weighted by Gasteiger charge is 2.20. The fourth-order valence-electron chi connectivity index (χ4n) is 3.74. The van der Waals surface area contributed by atoms with E-state index in [4.69, 9.17) is 10.1 Å². The van der Waals surface area contributed by atoms with Crippen LogP contribution >= 0.6 is 0 Å². The van der Waals surface area contributed by atoms with Crippen molar-refractivity contribution in [1.29, 1.82) is 0 Å². The summed E-state index contributed by atoms with van der Waals surface area (Å²) in [5.41, 5.74) is 0.692. The van der Waals surface area contributed by atoms with Gasteiger partial charge in [0.05, 0.1) is 4.90 Å². The highest BCUT2D eigenvalue weighted by atomic mass is 32.2. The molecular formula is C19H27N7O2S. The van der Waals surface area contributed by atoms with E-state index in [0.29, 0.717) is 23.5 Å². The van der Waals surface area contributed by atoms with E-state index in [1.807, 2.05) is 0 Å². The molecule has 0 radical (unpaired) electrons. The molecule has 1 aromatic heterocycles. The maximum absolute atomic E-state index is 11.5. The maximum Gasteiger partial charge on any atom is 0.238 e. The first-order valence-corrected chi connectivity index (χ1v) is 11.7. The number of rotatable bonds is 5. The summed E-state index contributed by atoms with van der Waals surface area (Å²) in [6.07, 6.45) is 7.04. The Morgan fingerprint density at radius 1 is 0.759 bits per heavy atom. The van der Waals surface area contributed by atoms with Gasteiger partial charge in [-0.15, -0.1) is 0 Å². The molecule has 0 saturated carbocycles. The molecule has 156 valence electrons. The van der Waals surface area contributed by atoms with Crippen molar-refractivity contribution in [3.8, 4) is 0 Å². The zero-order chi connectivity index (χ0) is 20.3. The van der Waals surface area contributed by atoms with Gasteiger partial charge in [0.1, 0.15) is 0 Å². The minimum Gasteiger partial charge on any atom is -0.341 e. The molecule has 2 fully saturated rings. The van der Waals surface area contributed by atoms with Gasteiger partial charge in [-0.3, -0.25) is 0 Å². The summed E-state index contributed by atoms with van der Waals surface area (Å²) in [4.78, 5) is 18.5. The first-order chi connectivity index (χ1) is 14.0. The van der Waals surface area contributed by atoms with E-state index < -0.39 is 10.0 Å². The Morgan fingerprint density at radius 3 is 1.69 bits per heavy atom. The van der Waals surface area contributed by atoms with Crippen molar-refractivity contribution in [2.24, 2.45) is 5.14 Å². The van der Waals surface area contributed by atoms with E-state index in [0.717, 1.165) is 51.9 Å². The van der Waals surface area contributed by atoms with Crippen molar-refractivity contribution in [3.63, 3.8) is 0 Å². The maximum atomic E-state index is 11.5. The van der Waals surface area contributed by atoms with Gasteiger partial charge in [0.15, 0.2) is 0 Å². The first kappa shape index (κ1) is 19.8. The zero-order valence-corrected chi connectivity index (χ0v) is 17.2. The molecule has 2 aliphatic rings. The predicted molar refractivity (Wildman–Crippen MR) is 113 cm³/mol. The summed E-state index contributed by atoms with van der Waals surface area (Å²) in [5.74, 6) is 1.86. The third-order valence-electron chi connectivity index (χ3n) is 5.33. The summed E-state index contributed by atoms with van der Waals surface area (Å²) in [6, 6.07) is 6.25. The Labute approximate surface area is 171 Å². The Hall–Kier alpha value is -2.46. The molecule has 0 spiro atoms. The lowest BCUT2D eigenvalue weighted by molar-refractivity contribution is 0.556. The molecule has 0 aliphatic carbocycles. The molecule has 0 amide bonds. The standard InChI is InChI=1S/C19H27N7O2S/c20-29(27,28)16-9-7-15(8-10-16)21-17-22-18(25-11-3-1-4-12-25)24-19(23-17)26-13-5-2-6-14-26/h7-10H,1-6,11-14H2,(H2,20,27,28)(H,21,22,23,24). The van der Waals surface area contributed by atoms with Gasteiger partial charge < -0.3 is 15.1 Å². The largest absolute Gasteiger partial charge is 0.341 e. The van der Waals surface area contributed by atoms with Crippen LogP contribution in [0.3, 0.4) is 0 Å². The summed E-state index contributed by atoms with van der Waals surface area (Å²) >= 11 is 0. The van der Waals surface area contributed by atoms with Gasteiger partial charge in [-0.1, -0.05) is 0 Å². The van der Waals surface area contributed by atoms with Crippen molar-refractivity contribution < 1.29 is 8.42 Å². The SMILES string of the molecule is NS(=O)(=O)c1ccc(Nc2nc(N3CCCCC3)nc(N3CCCCC3)n2)cc1. The number of benzene rings is 1. The monoisotopic (exact) mass is 417 g/mol. The normalized spacial score (nSPS) is 18.0. The quantitative estimate of drug-likeness (QED) is 0.761. The molecule has 10 heteroatoms. The first-order valence-electron chi connectivity index (χ1n) is 10.1. The summed E-state index contributed by atoms with van der Waals surface area (Å²) in [7, 11) is -3.72. The number of nitrogens with two attached hydrogens (primary N) is 1. The number of hydrogen-bond acceptors (Lipinski definition) is 8. The van der Waals surface area contributed by atoms with Gasteiger partial charge in [-0.25, -0.2) is 13.6 Å². The molecule has 2 aliphatic heterocycles. The van der Waals surface area contributed by atoms with Crippen LogP contribution in [0.4, 0.5) is 23.5 Å². The summed E-state index contributed by atoms with van der Waals surface area (Å²) < 4.78 is 22.9. The minimum absolute atomic E-state index is 0.0710. The Bertz CT molecular complexity index is 901. The number of piperidine rings is 2. The van der Waals surface area contributed by atoms with Gasteiger partial charge in [-0.2, -0.15) is 15.0 Å². The molecule has 2 saturated heterocycles. The Kier molecular flexibility index (Phi) is 5.81. The topological polar surface area (TPSA) is 117 Å². The van der Waals surface area contributed by atoms with Crippen LogP contribution in [0.15, 0.2) is 29.2 Å². The number of nitrogens with one attached hydrogen (secondary N) is 1. The minimum atomic E-state index is -3.72. The Balaban J connectivity index is 1.62. The van der Waals surface area contributed by atoms with Crippen LogP contribution in [0.1, 0.15) is 38.5 Å². The van der Waals surface area contributed by atoms with Crippen LogP contribution < -0.4 is 20.3 Å². The van der Waals surface area contributed by atoms with Gasteiger partial charge in [0, 0.05) is 31.9 Å². The lowest BCUT2D eigenvalue weighted by atomic mass is 10.1. The van der Waals surface area contributed by atoms with E-state index in [9.17, 15) is 8.42 Å². The van der Waals surface area contributed by atoms with E-state index in [2.05, 4.69) is 25.1 Å². The molecular weight excluding hydrogens is 390 g/mol. The van der Waals surface area contributed by atoms with E-state index in [1.165, 1.54) is 25.0 Å². The lowest BCUT2D eigenvalue weighted by Crippen LogP contribution is -2.34. The fraction of sp³-hybridized carbons (Fsp3) is 0.526.